The standard InChI is InChI=1S/C14H17ClN4OS/c1-9(13(20)18(2)3)21-14-17-16-12(19(14)4)10-7-5-6-8-11(10)15/h5-9H,1-4H3/t9-/m1/s1. The van der Waals surface area contributed by atoms with Crippen molar-refractivity contribution in [3.63, 3.8) is 0 Å². The summed E-state index contributed by atoms with van der Waals surface area (Å²) in [6.45, 7) is 1.86. The summed E-state index contributed by atoms with van der Waals surface area (Å²) in [4.78, 5) is 13.5. The molecule has 0 N–H and O–H groups in total. The van der Waals surface area contributed by atoms with Crippen molar-refractivity contribution in [3.05, 3.63) is 29.3 Å². The van der Waals surface area contributed by atoms with Crippen LogP contribution in [0.15, 0.2) is 29.4 Å². The van der Waals surface area contributed by atoms with Gasteiger partial charge in [0.25, 0.3) is 0 Å². The average molecular weight is 325 g/mol. The smallest absolute Gasteiger partial charge is 0.235 e. The molecule has 2 aromatic rings. The molecule has 2 rings (SSSR count). The topological polar surface area (TPSA) is 51.0 Å². The van der Waals surface area contributed by atoms with Crippen LogP contribution in [-0.2, 0) is 11.8 Å². The van der Waals surface area contributed by atoms with Crippen LogP contribution < -0.4 is 0 Å². The van der Waals surface area contributed by atoms with Crippen LogP contribution in [0.2, 0.25) is 5.02 Å². The first-order chi connectivity index (χ1) is 9.91. The number of amides is 1. The lowest BCUT2D eigenvalue weighted by Gasteiger charge is -2.15. The quantitative estimate of drug-likeness (QED) is 0.811. The molecule has 7 heteroatoms. The molecule has 0 fully saturated rings. The van der Waals surface area contributed by atoms with Crippen LogP contribution in [0, 0.1) is 0 Å². The highest BCUT2D eigenvalue weighted by Gasteiger charge is 2.20. The molecule has 1 amide bonds. The Balaban J connectivity index is 2.26. The normalized spacial score (nSPS) is 12.2. The Hall–Kier alpha value is -1.53. The molecule has 0 spiro atoms. The average Bonchev–Trinajstić information content (AvgIpc) is 2.80. The Labute approximate surface area is 133 Å². The zero-order chi connectivity index (χ0) is 15.6. The monoisotopic (exact) mass is 324 g/mol. The third kappa shape index (κ3) is 3.39. The van der Waals surface area contributed by atoms with Gasteiger partial charge in [-0.2, -0.15) is 0 Å². The number of aromatic nitrogens is 3. The second-order valence-electron chi connectivity index (χ2n) is 4.84. The van der Waals surface area contributed by atoms with Crippen molar-refractivity contribution in [2.75, 3.05) is 14.1 Å². The van der Waals surface area contributed by atoms with Gasteiger partial charge in [-0.3, -0.25) is 4.79 Å². The number of hydrogen-bond acceptors (Lipinski definition) is 4. The van der Waals surface area contributed by atoms with Gasteiger partial charge in [-0.05, 0) is 19.1 Å². The third-order valence-corrected chi connectivity index (χ3v) is 4.47. The molecule has 1 atom stereocenters. The van der Waals surface area contributed by atoms with Crippen LogP contribution in [0.1, 0.15) is 6.92 Å². The fraction of sp³-hybridized carbons (Fsp3) is 0.357. The molecule has 21 heavy (non-hydrogen) atoms. The molecule has 112 valence electrons. The van der Waals surface area contributed by atoms with Gasteiger partial charge in [0.05, 0.1) is 10.3 Å². The lowest BCUT2D eigenvalue weighted by molar-refractivity contribution is -0.127. The molecule has 0 saturated carbocycles. The molecule has 1 heterocycles. The van der Waals surface area contributed by atoms with Gasteiger partial charge in [0.1, 0.15) is 0 Å². The molecule has 1 aromatic heterocycles. The van der Waals surface area contributed by atoms with Crippen molar-refractivity contribution in [1.82, 2.24) is 19.7 Å². The molecule has 0 aliphatic heterocycles. The molecule has 0 bridgehead atoms. The van der Waals surface area contributed by atoms with Crippen molar-refractivity contribution in [2.45, 2.75) is 17.3 Å². The predicted octanol–water partition coefficient (Wildman–Crippen LogP) is 2.70. The molecule has 1 aromatic carbocycles. The van der Waals surface area contributed by atoms with E-state index in [0.29, 0.717) is 16.0 Å². The van der Waals surface area contributed by atoms with Crippen molar-refractivity contribution in [2.24, 2.45) is 7.05 Å². The van der Waals surface area contributed by atoms with E-state index in [0.717, 1.165) is 5.56 Å². The van der Waals surface area contributed by atoms with Crippen LogP contribution >= 0.6 is 23.4 Å². The van der Waals surface area contributed by atoms with E-state index in [4.69, 9.17) is 11.6 Å². The Morgan fingerprint density at radius 2 is 2.00 bits per heavy atom. The lowest BCUT2D eigenvalue weighted by atomic mass is 10.2. The zero-order valence-corrected chi connectivity index (χ0v) is 13.9. The minimum absolute atomic E-state index is 0.0438. The van der Waals surface area contributed by atoms with Gasteiger partial charge in [0.15, 0.2) is 11.0 Å². The highest BCUT2D eigenvalue weighted by molar-refractivity contribution is 8.00. The number of hydrogen-bond donors (Lipinski definition) is 0. The lowest BCUT2D eigenvalue weighted by Crippen LogP contribution is -2.29. The van der Waals surface area contributed by atoms with Gasteiger partial charge < -0.3 is 9.47 Å². The Kier molecular flexibility index (Phi) is 4.90. The second kappa shape index (κ2) is 6.49. The van der Waals surface area contributed by atoms with Gasteiger partial charge in [0.2, 0.25) is 5.91 Å². The minimum Gasteiger partial charge on any atom is -0.348 e. The Bertz CT molecular complexity index is 656. The van der Waals surface area contributed by atoms with Gasteiger partial charge in [-0.15, -0.1) is 10.2 Å². The minimum atomic E-state index is -0.220. The van der Waals surface area contributed by atoms with Crippen molar-refractivity contribution in [3.8, 4) is 11.4 Å². The highest BCUT2D eigenvalue weighted by atomic mass is 35.5. The number of nitrogens with zero attached hydrogens (tertiary/aromatic N) is 4. The van der Waals surface area contributed by atoms with E-state index in [1.54, 1.807) is 19.0 Å². The summed E-state index contributed by atoms with van der Waals surface area (Å²) in [6, 6.07) is 7.49. The van der Waals surface area contributed by atoms with E-state index in [2.05, 4.69) is 10.2 Å². The van der Waals surface area contributed by atoms with Gasteiger partial charge in [0, 0.05) is 26.7 Å². The number of halogens is 1. The summed E-state index contributed by atoms with van der Waals surface area (Å²) < 4.78 is 1.85. The number of carbonyl (C=O) groups excluding carboxylic acids is 1. The first-order valence-electron chi connectivity index (χ1n) is 6.44. The molecule has 5 nitrogen and oxygen atoms in total. The van der Waals surface area contributed by atoms with Crippen LogP contribution in [0.3, 0.4) is 0 Å². The summed E-state index contributed by atoms with van der Waals surface area (Å²) in [5.41, 5.74) is 0.826. The van der Waals surface area contributed by atoms with Crippen LogP contribution in [-0.4, -0.2) is 44.9 Å². The zero-order valence-electron chi connectivity index (χ0n) is 12.4. The summed E-state index contributed by atoms with van der Waals surface area (Å²) >= 11 is 7.57. The SMILES string of the molecule is C[C@@H](Sc1nnc(-c2ccccc2Cl)n1C)C(=O)N(C)C. The summed E-state index contributed by atoms with van der Waals surface area (Å²) in [6.07, 6.45) is 0. The maximum absolute atomic E-state index is 11.9. The number of rotatable bonds is 4. The Morgan fingerprint density at radius 3 is 2.62 bits per heavy atom. The number of carbonyl (C=O) groups is 1. The van der Waals surface area contributed by atoms with Crippen LogP contribution in [0.25, 0.3) is 11.4 Å². The van der Waals surface area contributed by atoms with Gasteiger partial charge in [-0.1, -0.05) is 35.5 Å². The number of thioether (sulfide) groups is 1. The van der Waals surface area contributed by atoms with Crippen molar-refractivity contribution >= 4 is 29.3 Å². The summed E-state index contributed by atoms with van der Waals surface area (Å²) in [5.74, 6) is 0.731. The van der Waals surface area contributed by atoms with E-state index >= 15 is 0 Å². The fourth-order valence-corrected chi connectivity index (χ4v) is 3.05. The molecular weight excluding hydrogens is 308 g/mol. The maximum Gasteiger partial charge on any atom is 0.235 e. The second-order valence-corrected chi connectivity index (χ2v) is 6.55. The van der Waals surface area contributed by atoms with Crippen molar-refractivity contribution in [1.29, 1.82) is 0 Å². The molecule has 0 aliphatic carbocycles. The van der Waals surface area contributed by atoms with E-state index in [-0.39, 0.29) is 11.2 Å². The molecule has 0 aliphatic rings. The first-order valence-corrected chi connectivity index (χ1v) is 7.69. The van der Waals surface area contributed by atoms with Gasteiger partial charge >= 0.3 is 0 Å². The van der Waals surface area contributed by atoms with Crippen LogP contribution in [0.5, 0.6) is 0 Å². The maximum atomic E-state index is 11.9. The van der Waals surface area contributed by atoms with E-state index < -0.39 is 0 Å². The summed E-state index contributed by atoms with van der Waals surface area (Å²) in [7, 11) is 5.35. The summed E-state index contributed by atoms with van der Waals surface area (Å²) in [5, 5.41) is 9.44. The largest absolute Gasteiger partial charge is 0.348 e. The van der Waals surface area contributed by atoms with E-state index in [1.807, 2.05) is 42.8 Å². The van der Waals surface area contributed by atoms with Crippen LogP contribution in [0.4, 0.5) is 0 Å². The Morgan fingerprint density at radius 1 is 1.33 bits per heavy atom. The molecule has 0 unspecified atom stereocenters. The number of benzene rings is 1. The molecular formula is C14H17ClN4OS. The predicted molar refractivity (Wildman–Crippen MR) is 85.5 cm³/mol. The molecule has 0 radical (unpaired) electrons. The third-order valence-electron chi connectivity index (χ3n) is 3.02. The first kappa shape index (κ1) is 15.9. The van der Waals surface area contributed by atoms with E-state index in [9.17, 15) is 4.79 Å². The van der Waals surface area contributed by atoms with E-state index in [1.165, 1.54) is 11.8 Å². The fourth-order valence-electron chi connectivity index (χ4n) is 1.87. The molecule has 0 saturated heterocycles. The van der Waals surface area contributed by atoms with Gasteiger partial charge in [-0.25, -0.2) is 0 Å². The highest BCUT2D eigenvalue weighted by Crippen LogP contribution is 2.29. The van der Waals surface area contributed by atoms with Crippen molar-refractivity contribution < 1.29 is 4.79 Å².